The first kappa shape index (κ1) is 12.9. The van der Waals surface area contributed by atoms with Crippen LogP contribution in [-0.2, 0) is 0 Å². The van der Waals surface area contributed by atoms with E-state index in [1.165, 1.54) is 0 Å². The summed E-state index contributed by atoms with van der Waals surface area (Å²) in [4.78, 5) is 0. The van der Waals surface area contributed by atoms with Crippen LogP contribution in [0.25, 0.3) is 0 Å². The number of nitrogens with one attached hydrogen (secondary N) is 1. The van der Waals surface area contributed by atoms with Gasteiger partial charge in [-0.15, -0.1) is 0 Å². The smallest absolute Gasteiger partial charge is 0.184 e. The van der Waals surface area contributed by atoms with Gasteiger partial charge in [-0.3, -0.25) is 5.43 Å². The molecule has 6 heteroatoms. The Bertz CT molecular complexity index is 409. The fourth-order valence-corrected chi connectivity index (χ4v) is 1.50. The van der Waals surface area contributed by atoms with Gasteiger partial charge in [0.05, 0.1) is 12.8 Å². The van der Waals surface area contributed by atoms with Crippen LogP contribution in [0.3, 0.4) is 0 Å². The largest absolute Gasteiger partial charge is 0.493 e. The molecule has 0 aromatic heterocycles. The summed E-state index contributed by atoms with van der Waals surface area (Å²) in [5.74, 6) is 0.763. The highest BCUT2D eigenvalue weighted by molar-refractivity contribution is 9.10. The minimum Gasteiger partial charge on any atom is -0.493 e. The summed E-state index contributed by atoms with van der Waals surface area (Å²) in [6, 6.07) is 5.68. The molecule has 0 aliphatic heterocycles. The minimum atomic E-state index is 0.129. The van der Waals surface area contributed by atoms with Gasteiger partial charge in [-0.25, -0.2) is 0 Å². The number of rotatable bonds is 4. The lowest BCUT2D eigenvalue weighted by Crippen LogP contribution is -2.24. The van der Waals surface area contributed by atoms with Gasteiger partial charge in [-0.2, -0.15) is 5.10 Å². The number of nitrogens with two attached hydrogens (primary N) is 1. The number of hydrogen-bond acceptors (Lipinski definition) is 3. The molecule has 86 valence electrons. The van der Waals surface area contributed by atoms with Crippen molar-refractivity contribution in [3.8, 4) is 5.75 Å². The molecule has 1 aromatic rings. The molecule has 4 nitrogen and oxygen atoms in total. The van der Waals surface area contributed by atoms with Crippen molar-refractivity contribution in [1.82, 2.24) is 5.43 Å². The van der Waals surface area contributed by atoms with Crippen LogP contribution in [0.15, 0.2) is 27.8 Å². The van der Waals surface area contributed by atoms with E-state index >= 15 is 0 Å². The zero-order chi connectivity index (χ0) is 12.0. The van der Waals surface area contributed by atoms with Crippen LogP contribution in [0, 0.1) is 0 Å². The summed E-state index contributed by atoms with van der Waals surface area (Å²) in [5, 5.41) is 4.01. The molecule has 0 saturated heterocycles. The van der Waals surface area contributed by atoms with Crippen LogP contribution in [0.5, 0.6) is 5.75 Å². The van der Waals surface area contributed by atoms with E-state index in [2.05, 4.69) is 38.7 Å². The average molecular weight is 302 g/mol. The van der Waals surface area contributed by atoms with Crippen molar-refractivity contribution in [3.63, 3.8) is 0 Å². The van der Waals surface area contributed by atoms with E-state index in [-0.39, 0.29) is 5.11 Å². The van der Waals surface area contributed by atoms with Crippen molar-refractivity contribution in [2.24, 2.45) is 10.8 Å². The fourth-order valence-electron chi connectivity index (χ4n) is 1.07. The van der Waals surface area contributed by atoms with Gasteiger partial charge in [0.2, 0.25) is 0 Å². The summed E-state index contributed by atoms with van der Waals surface area (Å²) in [6.45, 7) is 2.53. The van der Waals surface area contributed by atoms with E-state index in [9.17, 15) is 0 Å². The highest BCUT2D eigenvalue weighted by Gasteiger charge is 2.01. The average Bonchev–Trinajstić information content (AvgIpc) is 2.21. The summed E-state index contributed by atoms with van der Waals surface area (Å²) >= 11 is 8.01. The monoisotopic (exact) mass is 301 g/mol. The zero-order valence-electron chi connectivity index (χ0n) is 8.74. The van der Waals surface area contributed by atoms with Crippen LogP contribution in [0.2, 0.25) is 0 Å². The summed E-state index contributed by atoms with van der Waals surface area (Å²) in [7, 11) is 0. The zero-order valence-corrected chi connectivity index (χ0v) is 11.1. The lowest BCUT2D eigenvalue weighted by molar-refractivity contribution is 0.339. The van der Waals surface area contributed by atoms with E-state index < -0.39 is 0 Å². The Kier molecular flexibility index (Phi) is 5.21. The van der Waals surface area contributed by atoms with Crippen LogP contribution >= 0.6 is 28.1 Å². The van der Waals surface area contributed by atoms with Crippen molar-refractivity contribution in [3.05, 3.63) is 28.2 Å². The molecule has 0 radical (unpaired) electrons. The van der Waals surface area contributed by atoms with Crippen molar-refractivity contribution in [2.75, 3.05) is 6.61 Å². The quantitative estimate of drug-likeness (QED) is 0.507. The number of thiocarbonyl (C=S) groups is 1. The fraction of sp³-hybridized carbons (Fsp3) is 0.200. The normalized spacial score (nSPS) is 10.4. The number of ether oxygens (including phenoxy) is 1. The summed E-state index contributed by atoms with van der Waals surface area (Å²) in [5.41, 5.74) is 8.59. The van der Waals surface area contributed by atoms with Gasteiger partial charge in [-0.1, -0.05) is 15.9 Å². The van der Waals surface area contributed by atoms with Gasteiger partial charge in [-0.05, 0) is 37.3 Å². The number of benzene rings is 1. The molecule has 0 aliphatic rings. The van der Waals surface area contributed by atoms with Crippen molar-refractivity contribution in [2.45, 2.75) is 6.92 Å². The molecule has 1 rings (SSSR count). The number of hydrazone groups is 1. The van der Waals surface area contributed by atoms with Gasteiger partial charge in [0.25, 0.3) is 0 Å². The van der Waals surface area contributed by atoms with Crippen LogP contribution in [0.1, 0.15) is 12.5 Å². The molecule has 0 unspecified atom stereocenters. The molecule has 16 heavy (non-hydrogen) atoms. The highest BCUT2D eigenvalue weighted by atomic mass is 79.9. The van der Waals surface area contributed by atoms with Crippen LogP contribution in [0.4, 0.5) is 0 Å². The summed E-state index contributed by atoms with van der Waals surface area (Å²) < 4.78 is 6.40. The highest BCUT2D eigenvalue weighted by Crippen LogP contribution is 2.21. The van der Waals surface area contributed by atoms with E-state index in [4.69, 9.17) is 10.5 Å². The van der Waals surface area contributed by atoms with Crippen molar-refractivity contribution in [1.29, 1.82) is 0 Å². The molecule has 1 aromatic carbocycles. The molecule has 3 N–H and O–H groups in total. The Morgan fingerprint density at radius 1 is 1.69 bits per heavy atom. The van der Waals surface area contributed by atoms with Crippen LogP contribution in [-0.4, -0.2) is 17.9 Å². The van der Waals surface area contributed by atoms with Crippen molar-refractivity contribution < 1.29 is 4.74 Å². The van der Waals surface area contributed by atoms with E-state index in [1.54, 1.807) is 6.21 Å². The molecule has 0 amide bonds. The van der Waals surface area contributed by atoms with Crippen molar-refractivity contribution >= 4 is 39.5 Å². The SMILES string of the molecule is CCOc1ccc(Br)cc1/C=N\NC(N)=S. The molecule has 0 saturated carbocycles. The molecule has 0 spiro atoms. The van der Waals surface area contributed by atoms with E-state index in [0.717, 1.165) is 15.8 Å². The third-order valence-corrected chi connectivity index (χ3v) is 2.23. The van der Waals surface area contributed by atoms with Gasteiger partial charge in [0.1, 0.15) is 5.75 Å². The third kappa shape index (κ3) is 4.16. The maximum atomic E-state index is 5.45. The Balaban J connectivity index is 2.86. The van der Waals surface area contributed by atoms with Gasteiger partial charge in [0.15, 0.2) is 5.11 Å². The molecule has 0 heterocycles. The number of nitrogens with zero attached hydrogens (tertiary/aromatic N) is 1. The Morgan fingerprint density at radius 3 is 3.06 bits per heavy atom. The predicted octanol–water partition coefficient (Wildman–Crippen LogP) is 2.01. The number of hydrogen-bond donors (Lipinski definition) is 2. The minimum absolute atomic E-state index is 0.129. The first-order valence-corrected chi connectivity index (χ1v) is 5.84. The Labute approximate surface area is 108 Å². The molecule has 0 atom stereocenters. The number of halogens is 1. The van der Waals surface area contributed by atoms with Crippen LogP contribution < -0.4 is 15.9 Å². The maximum Gasteiger partial charge on any atom is 0.184 e. The molecule has 0 aliphatic carbocycles. The first-order chi connectivity index (χ1) is 7.63. The second-order valence-electron chi connectivity index (χ2n) is 2.85. The predicted molar refractivity (Wildman–Crippen MR) is 72.8 cm³/mol. The van der Waals surface area contributed by atoms with E-state index in [0.29, 0.717) is 6.61 Å². The van der Waals surface area contributed by atoms with Gasteiger partial charge >= 0.3 is 0 Å². The second-order valence-corrected chi connectivity index (χ2v) is 4.20. The van der Waals surface area contributed by atoms with E-state index in [1.807, 2.05) is 25.1 Å². The van der Waals surface area contributed by atoms with Gasteiger partial charge < -0.3 is 10.5 Å². The Hall–Kier alpha value is -1.14. The Morgan fingerprint density at radius 2 is 2.44 bits per heavy atom. The lowest BCUT2D eigenvalue weighted by atomic mass is 10.2. The molecule has 0 bridgehead atoms. The summed E-state index contributed by atoms with van der Waals surface area (Å²) in [6.07, 6.45) is 1.61. The molecular weight excluding hydrogens is 290 g/mol. The third-order valence-electron chi connectivity index (χ3n) is 1.65. The molecule has 0 fully saturated rings. The van der Waals surface area contributed by atoms with Gasteiger partial charge in [0, 0.05) is 10.0 Å². The maximum absolute atomic E-state index is 5.45. The first-order valence-electron chi connectivity index (χ1n) is 4.64. The standard InChI is InChI=1S/C10H12BrN3OS/c1-2-15-9-4-3-8(11)5-7(9)6-13-14-10(12)16/h3-6H,2H2,1H3,(H3,12,14,16)/b13-6-. The molecular formula is C10H12BrN3OS. The second kappa shape index (κ2) is 6.44. The topological polar surface area (TPSA) is 59.6 Å². The lowest BCUT2D eigenvalue weighted by Gasteiger charge is -2.06.